The van der Waals surface area contributed by atoms with Gasteiger partial charge >= 0.3 is 5.97 Å². The van der Waals surface area contributed by atoms with Gasteiger partial charge in [0.05, 0.1) is 5.69 Å². The van der Waals surface area contributed by atoms with Crippen LogP contribution in [0.15, 0.2) is 18.2 Å². The molecule has 2 aromatic rings. The first kappa shape index (κ1) is 13.1. The monoisotopic (exact) mass is 260 g/mol. The third-order valence-electron chi connectivity index (χ3n) is 3.09. The fraction of sp³-hybridized carbons (Fsp3) is 0.286. The third kappa shape index (κ3) is 2.45. The van der Waals surface area contributed by atoms with E-state index < -0.39 is 5.97 Å². The normalized spacial score (nSPS) is 10.5. The summed E-state index contributed by atoms with van der Waals surface area (Å²) in [7, 11) is 0. The Labute approximate surface area is 111 Å². The van der Waals surface area contributed by atoms with Gasteiger partial charge in [-0.1, -0.05) is 0 Å². The van der Waals surface area contributed by atoms with E-state index in [4.69, 9.17) is 4.74 Å². The lowest BCUT2D eigenvalue weighted by Gasteiger charge is -2.09. The van der Waals surface area contributed by atoms with E-state index >= 15 is 0 Å². The predicted molar refractivity (Wildman–Crippen MR) is 70.7 cm³/mol. The largest absolute Gasteiger partial charge is 0.506 e. The summed E-state index contributed by atoms with van der Waals surface area (Å²) in [6, 6.07) is 4.71. The lowest BCUT2D eigenvalue weighted by molar-refractivity contribution is -0.131. The molecule has 0 amide bonds. The van der Waals surface area contributed by atoms with E-state index in [0.717, 1.165) is 17.0 Å². The number of ether oxygens (including phenoxy) is 1. The maximum atomic E-state index is 10.9. The van der Waals surface area contributed by atoms with Crippen molar-refractivity contribution in [1.29, 1.82) is 0 Å². The van der Waals surface area contributed by atoms with Crippen molar-refractivity contribution in [2.75, 3.05) is 0 Å². The minimum absolute atomic E-state index is 0.0179. The highest BCUT2D eigenvalue weighted by Crippen LogP contribution is 2.28. The summed E-state index contributed by atoms with van der Waals surface area (Å²) in [6.07, 6.45) is 0. The SMILES string of the molecule is CC(=O)Oc1ccc(-n2nc(C)c(C)c2C)c(O)c1. The molecule has 0 aliphatic carbocycles. The van der Waals surface area contributed by atoms with Crippen molar-refractivity contribution >= 4 is 5.97 Å². The molecule has 0 unspecified atom stereocenters. The molecular weight excluding hydrogens is 244 g/mol. The molecule has 0 saturated heterocycles. The minimum Gasteiger partial charge on any atom is -0.506 e. The fourth-order valence-corrected chi connectivity index (χ4v) is 1.87. The zero-order valence-electron chi connectivity index (χ0n) is 11.4. The Kier molecular flexibility index (Phi) is 3.29. The molecule has 1 aromatic carbocycles. The molecule has 0 bridgehead atoms. The number of nitrogens with zero attached hydrogens (tertiary/aromatic N) is 2. The molecule has 0 aliphatic rings. The van der Waals surface area contributed by atoms with Gasteiger partial charge in [-0.05, 0) is 38.5 Å². The number of phenolic OH excluding ortho intramolecular Hbond substituents is 1. The van der Waals surface area contributed by atoms with E-state index in [9.17, 15) is 9.90 Å². The number of benzene rings is 1. The summed E-state index contributed by atoms with van der Waals surface area (Å²) in [5.41, 5.74) is 3.53. The Morgan fingerprint density at radius 1 is 1.32 bits per heavy atom. The number of aromatic nitrogens is 2. The Morgan fingerprint density at radius 2 is 2.00 bits per heavy atom. The zero-order chi connectivity index (χ0) is 14.2. The van der Waals surface area contributed by atoms with E-state index in [2.05, 4.69) is 5.10 Å². The lowest BCUT2D eigenvalue weighted by atomic mass is 10.2. The minimum atomic E-state index is -0.422. The first-order valence-corrected chi connectivity index (χ1v) is 5.94. The smallest absolute Gasteiger partial charge is 0.308 e. The molecule has 2 rings (SSSR count). The standard InChI is InChI=1S/C14H16N2O3/c1-8-9(2)15-16(10(8)3)13-6-5-12(7-14(13)18)19-11(4)17/h5-7,18H,1-4H3. The van der Waals surface area contributed by atoms with E-state index in [1.807, 2.05) is 20.8 Å². The zero-order valence-corrected chi connectivity index (χ0v) is 11.4. The summed E-state index contributed by atoms with van der Waals surface area (Å²) < 4.78 is 6.59. The molecule has 0 spiro atoms. The topological polar surface area (TPSA) is 64.4 Å². The van der Waals surface area contributed by atoms with Crippen LogP contribution < -0.4 is 4.74 Å². The van der Waals surface area contributed by atoms with Crippen LogP contribution in [-0.4, -0.2) is 20.9 Å². The van der Waals surface area contributed by atoms with Gasteiger partial charge in [0.25, 0.3) is 0 Å². The number of rotatable bonds is 2. The van der Waals surface area contributed by atoms with Crippen LogP contribution in [0.4, 0.5) is 0 Å². The van der Waals surface area contributed by atoms with E-state index in [1.54, 1.807) is 16.8 Å². The highest BCUT2D eigenvalue weighted by Gasteiger charge is 2.13. The van der Waals surface area contributed by atoms with Crippen LogP contribution in [0.3, 0.4) is 0 Å². The quantitative estimate of drug-likeness (QED) is 0.665. The number of carbonyl (C=O) groups excluding carboxylic acids is 1. The molecule has 0 radical (unpaired) electrons. The summed E-state index contributed by atoms with van der Waals surface area (Å²) in [6.45, 7) is 7.16. The van der Waals surface area contributed by atoms with Crippen molar-refractivity contribution in [3.63, 3.8) is 0 Å². The molecule has 0 fully saturated rings. The second-order valence-corrected chi connectivity index (χ2v) is 4.45. The van der Waals surface area contributed by atoms with Gasteiger partial charge in [-0.25, -0.2) is 4.68 Å². The van der Waals surface area contributed by atoms with Crippen LogP contribution >= 0.6 is 0 Å². The lowest BCUT2D eigenvalue weighted by Crippen LogP contribution is -2.03. The number of hydrogen-bond acceptors (Lipinski definition) is 4. The van der Waals surface area contributed by atoms with Gasteiger partial charge in [0.1, 0.15) is 17.2 Å². The Hall–Kier alpha value is -2.30. The third-order valence-corrected chi connectivity index (χ3v) is 3.09. The van der Waals surface area contributed by atoms with Crippen LogP contribution in [0.2, 0.25) is 0 Å². The van der Waals surface area contributed by atoms with Crippen LogP contribution in [0.1, 0.15) is 23.9 Å². The number of hydrogen-bond donors (Lipinski definition) is 1. The number of aromatic hydroxyl groups is 1. The number of esters is 1. The van der Waals surface area contributed by atoms with Gasteiger partial charge in [0.2, 0.25) is 0 Å². The first-order chi connectivity index (χ1) is 8.90. The van der Waals surface area contributed by atoms with Crippen LogP contribution in [0.25, 0.3) is 5.69 Å². The van der Waals surface area contributed by atoms with Gasteiger partial charge in [-0.3, -0.25) is 4.79 Å². The van der Waals surface area contributed by atoms with Gasteiger partial charge in [-0.15, -0.1) is 0 Å². The highest BCUT2D eigenvalue weighted by molar-refractivity contribution is 5.69. The summed E-state index contributed by atoms with van der Waals surface area (Å²) in [5.74, 6) is -0.0922. The first-order valence-electron chi connectivity index (χ1n) is 5.94. The van der Waals surface area contributed by atoms with Crippen LogP contribution in [0, 0.1) is 20.8 Å². The Bertz CT molecular complexity index is 644. The molecule has 0 atom stereocenters. The van der Waals surface area contributed by atoms with Crippen molar-refractivity contribution in [1.82, 2.24) is 9.78 Å². The van der Waals surface area contributed by atoms with Crippen molar-refractivity contribution in [3.05, 3.63) is 35.2 Å². The van der Waals surface area contributed by atoms with E-state index in [0.29, 0.717) is 11.4 Å². The Morgan fingerprint density at radius 3 is 2.47 bits per heavy atom. The second kappa shape index (κ2) is 4.76. The molecule has 5 nitrogen and oxygen atoms in total. The number of carbonyl (C=O) groups is 1. The fourth-order valence-electron chi connectivity index (χ4n) is 1.87. The molecule has 100 valence electrons. The molecule has 1 heterocycles. The molecule has 1 aromatic heterocycles. The molecule has 0 saturated carbocycles. The number of phenols is 1. The van der Waals surface area contributed by atoms with E-state index in [1.165, 1.54) is 13.0 Å². The molecule has 5 heteroatoms. The second-order valence-electron chi connectivity index (χ2n) is 4.45. The summed E-state index contributed by atoms with van der Waals surface area (Å²) in [5, 5.41) is 14.4. The predicted octanol–water partition coefficient (Wildman–Crippen LogP) is 2.43. The van der Waals surface area contributed by atoms with E-state index in [-0.39, 0.29) is 5.75 Å². The van der Waals surface area contributed by atoms with Gasteiger partial charge in [-0.2, -0.15) is 5.10 Å². The van der Waals surface area contributed by atoms with Crippen LogP contribution in [0.5, 0.6) is 11.5 Å². The maximum absolute atomic E-state index is 10.9. The Balaban J connectivity index is 2.46. The average Bonchev–Trinajstić information content (AvgIpc) is 2.56. The molecule has 0 aliphatic heterocycles. The van der Waals surface area contributed by atoms with Crippen molar-refractivity contribution in [2.45, 2.75) is 27.7 Å². The number of aryl methyl sites for hydroxylation is 1. The average molecular weight is 260 g/mol. The highest BCUT2D eigenvalue weighted by atomic mass is 16.5. The van der Waals surface area contributed by atoms with Crippen molar-refractivity contribution in [2.24, 2.45) is 0 Å². The summed E-state index contributed by atoms with van der Waals surface area (Å²) in [4.78, 5) is 10.9. The van der Waals surface area contributed by atoms with Gasteiger partial charge in [0, 0.05) is 18.7 Å². The molecule has 19 heavy (non-hydrogen) atoms. The van der Waals surface area contributed by atoms with Crippen LogP contribution in [-0.2, 0) is 4.79 Å². The molecule has 1 N–H and O–H groups in total. The summed E-state index contributed by atoms with van der Waals surface area (Å²) >= 11 is 0. The molecular formula is C14H16N2O3. The van der Waals surface area contributed by atoms with Gasteiger partial charge < -0.3 is 9.84 Å². The van der Waals surface area contributed by atoms with Crippen molar-refractivity contribution < 1.29 is 14.6 Å². The van der Waals surface area contributed by atoms with Crippen molar-refractivity contribution in [3.8, 4) is 17.2 Å². The van der Waals surface area contributed by atoms with Gasteiger partial charge in [0.15, 0.2) is 0 Å². The maximum Gasteiger partial charge on any atom is 0.308 e.